The molecule has 0 saturated heterocycles. The molecular formula is C34H60O4. The van der Waals surface area contributed by atoms with Crippen molar-refractivity contribution in [3.63, 3.8) is 0 Å². The van der Waals surface area contributed by atoms with E-state index in [-0.39, 0.29) is 6.61 Å². The van der Waals surface area contributed by atoms with Crippen LogP contribution in [0.15, 0.2) is 58.2 Å². The van der Waals surface area contributed by atoms with Gasteiger partial charge in [-0.15, -0.1) is 0 Å². The lowest BCUT2D eigenvalue weighted by Gasteiger charge is -2.31. The molecule has 0 fully saturated rings. The Bertz CT molecular complexity index is 763. The topological polar surface area (TPSA) is 58.9 Å². The molecule has 0 amide bonds. The van der Waals surface area contributed by atoms with E-state index in [1.807, 2.05) is 13.8 Å². The highest BCUT2D eigenvalue weighted by Crippen LogP contribution is 2.21. The predicted molar refractivity (Wildman–Crippen MR) is 165 cm³/mol. The molecule has 0 rings (SSSR count). The van der Waals surface area contributed by atoms with Crippen LogP contribution in [0.3, 0.4) is 0 Å². The second-order valence-corrected chi connectivity index (χ2v) is 11.5. The Morgan fingerprint density at radius 2 is 1.08 bits per heavy atom. The number of aliphatic hydroxyl groups is 2. The molecule has 0 radical (unpaired) electrons. The molecule has 4 nitrogen and oxygen atoms in total. The summed E-state index contributed by atoms with van der Waals surface area (Å²) in [6.07, 6.45) is 21.8. The van der Waals surface area contributed by atoms with Crippen molar-refractivity contribution in [2.75, 3.05) is 26.4 Å². The normalized spacial score (nSPS) is 14.7. The Morgan fingerprint density at radius 1 is 0.632 bits per heavy atom. The summed E-state index contributed by atoms with van der Waals surface area (Å²) in [5.41, 5.74) is 6.56. The number of aliphatic hydroxyl groups excluding tert-OH is 2. The van der Waals surface area contributed by atoms with Gasteiger partial charge in [-0.05, 0) is 120 Å². The van der Waals surface area contributed by atoms with E-state index in [0.717, 1.165) is 51.4 Å². The number of rotatable bonds is 22. The van der Waals surface area contributed by atoms with Gasteiger partial charge < -0.3 is 19.7 Å². The predicted octanol–water partition coefficient (Wildman–Crippen LogP) is 8.80. The van der Waals surface area contributed by atoms with Crippen LogP contribution in [0.1, 0.15) is 120 Å². The molecule has 0 saturated carbocycles. The molecule has 0 aliphatic rings. The number of ether oxygens (including phenoxy) is 2. The second-order valence-electron chi connectivity index (χ2n) is 11.5. The third-order valence-electron chi connectivity index (χ3n) is 6.86. The van der Waals surface area contributed by atoms with E-state index in [0.29, 0.717) is 26.2 Å². The van der Waals surface area contributed by atoms with Gasteiger partial charge in [-0.3, -0.25) is 0 Å². The minimum absolute atomic E-state index is 0.0137. The Morgan fingerprint density at radius 3 is 1.55 bits per heavy atom. The first-order valence-electron chi connectivity index (χ1n) is 14.7. The minimum Gasteiger partial charge on any atom is -0.394 e. The summed E-state index contributed by atoms with van der Waals surface area (Å²) in [5, 5.41) is 19.3. The Hall–Kier alpha value is -1.46. The summed E-state index contributed by atoms with van der Waals surface area (Å²) in [6.45, 7) is 18.2. The van der Waals surface area contributed by atoms with Gasteiger partial charge in [0.15, 0.2) is 0 Å². The second kappa shape index (κ2) is 22.4. The van der Waals surface area contributed by atoms with Crippen molar-refractivity contribution in [3.8, 4) is 0 Å². The van der Waals surface area contributed by atoms with E-state index in [1.54, 1.807) is 0 Å². The zero-order chi connectivity index (χ0) is 28.8. The highest BCUT2D eigenvalue weighted by atomic mass is 16.5. The van der Waals surface area contributed by atoms with Gasteiger partial charge in [-0.25, -0.2) is 0 Å². The maximum absolute atomic E-state index is 10.6. The number of allylic oxidation sites excluding steroid dienone is 10. The van der Waals surface area contributed by atoms with Crippen LogP contribution >= 0.6 is 0 Å². The van der Waals surface area contributed by atoms with Gasteiger partial charge in [0.1, 0.15) is 0 Å². The van der Waals surface area contributed by atoms with Crippen molar-refractivity contribution in [1.82, 2.24) is 0 Å². The maximum atomic E-state index is 10.6. The van der Waals surface area contributed by atoms with Crippen LogP contribution in [0.4, 0.5) is 0 Å². The monoisotopic (exact) mass is 532 g/mol. The van der Waals surface area contributed by atoms with E-state index < -0.39 is 11.7 Å². The molecule has 220 valence electrons. The van der Waals surface area contributed by atoms with E-state index in [4.69, 9.17) is 14.6 Å². The standard InChI is InChI=1S/C34H60O4/c1-28(2)14-11-17-31(5)20-12-18-29(3)15-9-10-16-30(4)19-13-21-32(6)22-23-33(36)34(7,8)38-27-26-37-25-24-35/h14-16,20-21,33,35-36H,9-13,17-19,22-27H2,1-8H3/b29-15+,30-16+,31-20+,32-21+. The SMILES string of the molecule is CC(C)=CCC/C(C)=C/CC/C(C)=C/CC/C=C(\C)CC/C=C(\C)CCC(O)C(C)(C)OCCOCCO. The average molecular weight is 533 g/mol. The maximum Gasteiger partial charge on any atom is 0.0885 e. The summed E-state index contributed by atoms with van der Waals surface area (Å²) in [5.74, 6) is 0. The molecule has 0 heterocycles. The molecular weight excluding hydrogens is 472 g/mol. The highest BCUT2D eigenvalue weighted by Gasteiger charge is 2.28. The zero-order valence-electron chi connectivity index (χ0n) is 26.1. The largest absolute Gasteiger partial charge is 0.394 e. The molecule has 0 spiro atoms. The van der Waals surface area contributed by atoms with Crippen molar-refractivity contribution < 1.29 is 19.7 Å². The van der Waals surface area contributed by atoms with Crippen molar-refractivity contribution in [1.29, 1.82) is 0 Å². The number of hydrogen-bond acceptors (Lipinski definition) is 4. The van der Waals surface area contributed by atoms with Crippen LogP contribution < -0.4 is 0 Å². The van der Waals surface area contributed by atoms with Gasteiger partial charge in [-0.1, -0.05) is 58.2 Å². The number of hydrogen-bond donors (Lipinski definition) is 2. The highest BCUT2D eigenvalue weighted by molar-refractivity contribution is 5.07. The fourth-order valence-electron chi connectivity index (χ4n) is 4.09. The summed E-state index contributed by atoms with van der Waals surface area (Å²) in [6, 6.07) is 0. The molecule has 0 aliphatic heterocycles. The van der Waals surface area contributed by atoms with Gasteiger partial charge in [0, 0.05) is 0 Å². The first-order chi connectivity index (χ1) is 18.0. The van der Waals surface area contributed by atoms with Gasteiger partial charge >= 0.3 is 0 Å². The third kappa shape index (κ3) is 21.5. The first-order valence-corrected chi connectivity index (χ1v) is 14.7. The van der Waals surface area contributed by atoms with Crippen LogP contribution in [0.25, 0.3) is 0 Å². The van der Waals surface area contributed by atoms with Crippen molar-refractivity contribution in [2.24, 2.45) is 0 Å². The van der Waals surface area contributed by atoms with Gasteiger partial charge in [-0.2, -0.15) is 0 Å². The summed E-state index contributed by atoms with van der Waals surface area (Å²) < 4.78 is 11.0. The molecule has 2 N–H and O–H groups in total. The van der Waals surface area contributed by atoms with Crippen LogP contribution in [-0.2, 0) is 9.47 Å². The fourth-order valence-corrected chi connectivity index (χ4v) is 4.09. The molecule has 0 aliphatic carbocycles. The minimum atomic E-state index is -0.615. The smallest absolute Gasteiger partial charge is 0.0885 e. The average Bonchev–Trinajstić information content (AvgIpc) is 2.84. The summed E-state index contributed by atoms with van der Waals surface area (Å²) >= 11 is 0. The third-order valence-corrected chi connectivity index (χ3v) is 6.86. The van der Waals surface area contributed by atoms with Crippen molar-refractivity contribution in [3.05, 3.63) is 58.2 Å². The molecule has 0 aromatic carbocycles. The molecule has 0 aromatic heterocycles. The Balaban J connectivity index is 4.18. The first kappa shape index (κ1) is 36.5. The van der Waals surface area contributed by atoms with Crippen molar-refractivity contribution >= 4 is 0 Å². The molecule has 0 bridgehead atoms. The molecule has 38 heavy (non-hydrogen) atoms. The Labute approximate surface area is 235 Å². The summed E-state index contributed by atoms with van der Waals surface area (Å²) in [4.78, 5) is 0. The molecule has 1 unspecified atom stereocenters. The molecule has 4 heteroatoms. The van der Waals surface area contributed by atoms with Gasteiger partial charge in [0.25, 0.3) is 0 Å². The quantitative estimate of drug-likeness (QED) is 0.108. The lowest BCUT2D eigenvalue weighted by molar-refractivity contribution is -0.115. The fraction of sp³-hybridized carbons (Fsp3) is 0.706. The lowest BCUT2D eigenvalue weighted by Crippen LogP contribution is -2.40. The van der Waals surface area contributed by atoms with E-state index in [1.165, 1.54) is 34.3 Å². The lowest BCUT2D eigenvalue weighted by atomic mass is 9.95. The number of unbranched alkanes of at least 4 members (excludes halogenated alkanes) is 1. The van der Waals surface area contributed by atoms with Gasteiger partial charge in [0.05, 0.1) is 38.1 Å². The van der Waals surface area contributed by atoms with Crippen LogP contribution in [0.5, 0.6) is 0 Å². The summed E-state index contributed by atoms with van der Waals surface area (Å²) in [7, 11) is 0. The van der Waals surface area contributed by atoms with Crippen LogP contribution in [0.2, 0.25) is 0 Å². The van der Waals surface area contributed by atoms with E-state index in [9.17, 15) is 5.11 Å². The zero-order valence-corrected chi connectivity index (χ0v) is 26.1. The molecule has 1 atom stereocenters. The van der Waals surface area contributed by atoms with Crippen molar-refractivity contribution in [2.45, 2.75) is 131 Å². The van der Waals surface area contributed by atoms with E-state index >= 15 is 0 Å². The molecule has 0 aromatic rings. The Kier molecular flexibility index (Phi) is 21.5. The van der Waals surface area contributed by atoms with E-state index in [2.05, 4.69) is 71.9 Å². The van der Waals surface area contributed by atoms with Crippen LogP contribution in [-0.4, -0.2) is 48.3 Å². The van der Waals surface area contributed by atoms with Gasteiger partial charge in [0.2, 0.25) is 0 Å². The van der Waals surface area contributed by atoms with Crippen LogP contribution in [0, 0.1) is 0 Å².